The molecule has 1 N–H and O–H groups in total. The van der Waals surface area contributed by atoms with Crippen molar-refractivity contribution in [2.45, 2.75) is 25.5 Å². The third-order valence-electron chi connectivity index (χ3n) is 4.89. The van der Waals surface area contributed by atoms with Crippen LogP contribution in [0.2, 0.25) is 0 Å². The van der Waals surface area contributed by atoms with Gasteiger partial charge in [0.15, 0.2) is 0 Å². The van der Waals surface area contributed by atoms with E-state index in [4.69, 9.17) is 9.47 Å². The Balaban J connectivity index is 1.60. The van der Waals surface area contributed by atoms with Crippen LogP contribution < -0.4 is 15.0 Å². The zero-order valence-corrected chi connectivity index (χ0v) is 17.2. The summed E-state index contributed by atoms with van der Waals surface area (Å²) in [6.07, 6.45) is 2.60. The number of methoxy groups -OCH3 is 2. The quantitative estimate of drug-likeness (QED) is 0.712. The Kier molecular flexibility index (Phi) is 6.58. The first-order chi connectivity index (χ1) is 13.5. The summed E-state index contributed by atoms with van der Waals surface area (Å²) < 4.78 is 10.8. The number of rotatable bonds is 8. The second-order valence-corrected chi connectivity index (χ2v) is 7.09. The van der Waals surface area contributed by atoms with E-state index in [1.807, 2.05) is 19.1 Å². The van der Waals surface area contributed by atoms with Gasteiger partial charge in [0.25, 0.3) is 0 Å². The number of ether oxygens (including phenoxy) is 2. The molecule has 1 saturated heterocycles. The molecule has 1 aliphatic heterocycles. The third-order valence-corrected chi connectivity index (χ3v) is 4.89. The largest absolute Gasteiger partial charge is 0.481 e. The average Bonchev–Trinajstić information content (AvgIpc) is 3.13. The number of hydrogen-bond acceptors (Lipinski definition) is 9. The molecule has 2 aromatic rings. The molecule has 0 radical (unpaired) electrons. The maximum Gasteiger partial charge on any atom is 0.224 e. The van der Waals surface area contributed by atoms with Crippen molar-refractivity contribution in [1.29, 1.82) is 0 Å². The highest BCUT2D eigenvalue weighted by Gasteiger charge is 2.34. The standard InChI is InChI=1S/C19H29N7O2/c1-13-10-18(28-5)23-16(22-13)6-8-20-19-21-9-7-17(24-19)26-11-14(25(2)3)15(12-26)27-4/h7,9-10,14-15H,6,8,11-12H2,1-5H3,(H,20,21,24)/t14-,15+/m0/s1. The van der Waals surface area contributed by atoms with Crippen molar-refractivity contribution < 1.29 is 9.47 Å². The highest BCUT2D eigenvalue weighted by atomic mass is 16.5. The van der Waals surface area contributed by atoms with Crippen LogP contribution in [0, 0.1) is 6.92 Å². The first-order valence-corrected chi connectivity index (χ1v) is 9.39. The van der Waals surface area contributed by atoms with E-state index in [0.717, 1.165) is 30.4 Å². The zero-order chi connectivity index (χ0) is 20.1. The van der Waals surface area contributed by atoms with Crippen LogP contribution in [0.15, 0.2) is 18.3 Å². The van der Waals surface area contributed by atoms with Gasteiger partial charge in [0.05, 0.1) is 19.3 Å². The van der Waals surface area contributed by atoms with Gasteiger partial charge < -0.3 is 24.6 Å². The van der Waals surface area contributed by atoms with Gasteiger partial charge in [-0.25, -0.2) is 9.97 Å². The number of nitrogens with zero attached hydrogens (tertiary/aromatic N) is 6. The summed E-state index contributed by atoms with van der Waals surface area (Å²) in [7, 11) is 7.53. The minimum absolute atomic E-state index is 0.162. The van der Waals surface area contributed by atoms with Gasteiger partial charge in [-0.15, -0.1) is 0 Å². The van der Waals surface area contributed by atoms with E-state index in [1.165, 1.54) is 0 Å². The molecule has 152 valence electrons. The fourth-order valence-corrected chi connectivity index (χ4v) is 3.38. The molecule has 0 saturated carbocycles. The number of aromatic nitrogens is 4. The van der Waals surface area contributed by atoms with Crippen molar-refractivity contribution in [3.05, 3.63) is 29.8 Å². The summed E-state index contributed by atoms with van der Waals surface area (Å²) in [5, 5.41) is 3.26. The highest BCUT2D eigenvalue weighted by Crippen LogP contribution is 2.22. The van der Waals surface area contributed by atoms with E-state index < -0.39 is 0 Å². The van der Waals surface area contributed by atoms with Crippen LogP contribution in [0.1, 0.15) is 11.5 Å². The SMILES string of the molecule is COc1cc(C)nc(CCNc2nccc(N3C[C@@H](OC)[C@@H](N(C)C)C3)n2)n1. The maximum atomic E-state index is 5.64. The first kappa shape index (κ1) is 20.2. The minimum atomic E-state index is 0.162. The van der Waals surface area contributed by atoms with Gasteiger partial charge in [-0.1, -0.05) is 0 Å². The monoisotopic (exact) mass is 387 g/mol. The summed E-state index contributed by atoms with van der Waals surface area (Å²) in [6, 6.07) is 4.09. The molecule has 2 aromatic heterocycles. The Bertz CT molecular complexity index is 787. The lowest BCUT2D eigenvalue weighted by Gasteiger charge is -2.23. The fourth-order valence-electron chi connectivity index (χ4n) is 3.38. The summed E-state index contributed by atoms with van der Waals surface area (Å²) in [5.74, 6) is 2.81. The Labute approximate surface area is 166 Å². The van der Waals surface area contributed by atoms with Crippen LogP contribution in [0.4, 0.5) is 11.8 Å². The van der Waals surface area contributed by atoms with Crippen molar-refractivity contribution in [3.8, 4) is 5.88 Å². The number of aryl methyl sites for hydroxylation is 1. The Morgan fingerprint density at radius 2 is 2.04 bits per heavy atom. The third kappa shape index (κ3) is 4.85. The molecule has 0 unspecified atom stereocenters. The van der Waals surface area contributed by atoms with Gasteiger partial charge in [0.2, 0.25) is 11.8 Å². The van der Waals surface area contributed by atoms with E-state index in [-0.39, 0.29) is 6.10 Å². The van der Waals surface area contributed by atoms with Crippen molar-refractivity contribution in [2.75, 3.05) is 58.2 Å². The predicted octanol–water partition coefficient (Wildman–Crippen LogP) is 1.00. The van der Waals surface area contributed by atoms with Gasteiger partial charge in [-0.2, -0.15) is 9.97 Å². The van der Waals surface area contributed by atoms with Gasteiger partial charge >= 0.3 is 0 Å². The van der Waals surface area contributed by atoms with E-state index >= 15 is 0 Å². The molecule has 0 amide bonds. The molecule has 3 rings (SSSR count). The Hall–Kier alpha value is -2.52. The van der Waals surface area contributed by atoms with Crippen LogP contribution in [-0.4, -0.2) is 84.9 Å². The predicted molar refractivity (Wildman–Crippen MR) is 108 cm³/mol. The molecule has 9 nitrogen and oxygen atoms in total. The van der Waals surface area contributed by atoms with Gasteiger partial charge in [-0.05, 0) is 27.1 Å². The highest BCUT2D eigenvalue weighted by molar-refractivity contribution is 5.44. The molecular formula is C19H29N7O2. The van der Waals surface area contributed by atoms with Crippen LogP contribution in [-0.2, 0) is 11.2 Å². The zero-order valence-electron chi connectivity index (χ0n) is 17.2. The number of nitrogens with one attached hydrogen (secondary N) is 1. The lowest BCUT2D eigenvalue weighted by Crippen LogP contribution is -2.39. The summed E-state index contributed by atoms with van der Waals surface area (Å²) in [5.41, 5.74) is 0.886. The molecule has 0 aromatic carbocycles. The second-order valence-electron chi connectivity index (χ2n) is 7.09. The number of hydrogen-bond donors (Lipinski definition) is 1. The number of anilines is 2. The molecule has 1 aliphatic rings. The molecule has 9 heteroatoms. The van der Waals surface area contributed by atoms with Gasteiger partial charge in [-0.3, -0.25) is 0 Å². The van der Waals surface area contributed by atoms with Gasteiger partial charge in [0, 0.05) is 51.1 Å². The van der Waals surface area contributed by atoms with Crippen molar-refractivity contribution in [2.24, 2.45) is 0 Å². The molecule has 0 spiro atoms. The van der Waals surface area contributed by atoms with E-state index in [2.05, 4.69) is 49.1 Å². The van der Waals surface area contributed by atoms with Crippen molar-refractivity contribution >= 4 is 11.8 Å². The topological polar surface area (TPSA) is 88.5 Å². The smallest absolute Gasteiger partial charge is 0.224 e. The maximum absolute atomic E-state index is 5.64. The molecule has 2 atom stereocenters. The van der Waals surface area contributed by atoms with Crippen molar-refractivity contribution in [1.82, 2.24) is 24.8 Å². The van der Waals surface area contributed by atoms with Crippen LogP contribution >= 0.6 is 0 Å². The first-order valence-electron chi connectivity index (χ1n) is 9.39. The normalized spacial score (nSPS) is 19.3. The molecule has 3 heterocycles. The molecule has 1 fully saturated rings. The molecule has 28 heavy (non-hydrogen) atoms. The van der Waals surface area contributed by atoms with Crippen molar-refractivity contribution in [3.63, 3.8) is 0 Å². The molecular weight excluding hydrogens is 358 g/mol. The fraction of sp³-hybridized carbons (Fsp3) is 0.579. The minimum Gasteiger partial charge on any atom is -0.481 e. The van der Waals surface area contributed by atoms with Crippen LogP contribution in [0.25, 0.3) is 0 Å². The Morgan fingerprint density at radius 3 is 2.71 bits per heavy atom. The van der Waals surface area contributed by atoms with E-state index in [0.29, 0.717) is 30.8 Å². The Morgan fingerprint density at radius 1 is 1.21 bits per heavy atom. The number of likely N-dealkylation sites (N-methyl/N-ethyl adjacent to an activating group) is 1. The summed E-state index contributed by atoms with van der Waals surface area (Å²) in [6.45, 7) is 4.25. The lowest BCUT2D eigenvalue weighted by molar-refractivity contribution is 0.0639. The summed E-state index contributed by atoms with van der Waals surface area (Å²) >= 11 is 0. The average molecular weight is 387 g/mol. The van der Waals surface area contributed by atoms with Crippen LogP contribution in [0.5, 0.6) is 5.88 Å². The van der Waals surface area contributed by atoms with E-state index in [1.54, 1.807) is 20.4 Å². The lowest BCUT2D eigenvalue weighted by atomic mass is 10.2. The van der Waals surface area contributed by atoms with Crippen LogP contribution in [0.3, 0.4) is 0 Å². The summed E-state index contributed by atoms with van der Waals surface area (Å²) in [4.78, 5) is 22.2. The molecule has 0 aliphatic carbocycles. The van der Waals surface area contributed by atoms with E-state index in [9.17, 15) is 0 Å². The van der Waals surface area contributed by atoms with Gasteiger partial charge in [0.1, 0.15) is 11.6 Å². The second kappa shape index (κ2) is 9.11. The molecule has 0 bridgehead atoms.